The van der Waals surface area contributed by atoms with Crippen molar-refractivity contribution in [2.75, 3.05) is 7.11 Å². The molecule has 0 radical (unpaired) electrons. The van der Waals surface area contributed by atoms with Crippen LogP contribution in [0.1, 0.15) is 37.7 Å². The smallest absolute Gasteiger partial charge is 0.328 e. The van der Waals surface area contributed by atoms with Crippen LogP contribution in [0, 0.1) is 0 Å². The summed E-state index contributed by atoms with van der Waals surface area (Å²) >= 11 is 0. The van der Waals surface area contributed by atoms with Gasteiger partial charge in [-0.05, 0) is 43.9 Å². The Balaban J connectivity index is 2.19. The highest BCUT2D eigenvalue weighted by Gasteiger charge is 2.16. The van der Waals surface area contributed by atoms with Crippen LogP contribution in [0.4, 0.5) is 0 Å². The van der Waals surface area contributed by atoms with Crippen molar-refractivity contribution >= 4 is 12.0 Å². The van der Waals surface area contributed by atoms with Crippen molar-refractivity contribution in [3.05, 3.63) is 29.8 Å². The average Bonchev–Trinajstić information content (AvgIpc) is 2.46. The van der Waals surface area contributed by atoms with E-state index in [0.29, 0.717) is 11.5 Å². The average molecular weight is 276 g/mol. The Kier molecular flexibility index (Phi) is 5.04. The number of methoxy groups -OCH3 is 1. The molecular weight excluding hydrogens is 256 g/mol. The van der Waals surface area contributed by atoms with Crippen molar-refractivity contribution in [1.82, 2.24) is 0 Å². The van der Waals surface area contributed by atoms with Gasteiger partial charge in [0, 0.05) is 17.7 Å². The van der Waals surface area contributed by atoms with Crippen LogP contribution in [-0.4, -0.2) is 24.3 Å². The Hall–Kier alpha value is -1.97. The molecule has 0 spiro atoms. The van der Waals surface area contributed by atoms with Crippen LogP contribution in [0.25, 0.3) is 6.08 Å². The molecule has 1 saturated carbocycles. The van der Waals surface area contributed by atoms with Gasteiger partial charge >= 0.3 is 5.97 Å². The highest BCUT2D eigenvalue weighted by molar-refractivity contribution is 5.86. The molecule has 0 unspecified atom stereocenters. The molecule has 1 aromatic carbocycles. The van der Waals surface area contributed by atoms with Gasteiger partial charge in [0.2, 0.25) is 0 Å². The predicted octanol–water partition coefficient (Wildman–Crippen LogP) is 3.50. The zero-order valence-corrected chi connectivity index (χ0v) is 11.7. The molecule has 4 heteroatoms. The number of carboxylic acid groups (broad SMARTS) is 1. The normalized spacial score (nSPS) is 16.2. The van der Waals surface area contributed by atoms with Crippen LogP contribution >= 0.6 is 0 Å². The second kappa shape index (κ2) is 6.98. The van der Waals surface area contributed by atoms with Crippen LogP contribution in [0.2, 0.25) is 0 Å². The van der Waals surface area contributed by atoms with Crippen molar-refractivity contribution in [1.29, 1.82) is 0 Å². The lowest BCUT2D eigenvalue weighted by Gasteiger charge is -2.24. The van der Waals surface area contributed by atoms with Crippen LogP contribution < -0.4 is 9.47 Å². The maximum Gasteiger partial charge on any atom is 0.328 e. The fourth-order valence-corrected chi connectivity index (χ4v) is 2.41. The lowest BCUT2D eigenvalue weighted by molar-refractivity contribution is -0.131. The molecule has 0 aliphatic heterocycles. The van der Waals surface area contributed by atoms with Gasteiger partial charge in [0.15, 0.2) is 0 Å². The molecule has 4 nitrogen and oxygen atoms in total. The van der Waals surface area contributed by atoms with Gasteiger partial charge in [-0.3, -0.25) is 0 Å². The number of carboxylic acids is 1. The maximum atomic E-state index is 10.6. The van der Waals surface area contributed by atoms with Crippen LogP contribution in [-0.2, 0) is 4.79 Å². The number of hydrogen-bond donors (Lipinski definition) is 1. The number of aliphatic carboxylic acids is 1. The van der Waals surface area contributed by atoms with E-state index < -0.39 is 5.97 Å². The van der Waals surface area contributed by atoms with Gasteiger partial charge in [0.1, 0.15) is 11.5 Å². The van der Waals surface area contributed by atoms with Crippen molar-refractivity contribution in [3.8, 4) is 11.5 Å². The fourth-order valence-electron chi connectivity index (χ4n) is 2.41. The second-order valence-electron chi connectivity index (χ2n) is 4.95. The number of rotatable bonds is 5. The second-order valence-corrected chi connectivity index (χ2v) is 4.95. The van der Waals surface area contributed by atoms with Crippen LogP contribution in [0.15, 0.2) is 24.3 Å². The molecule has 0 amide bonds. The summed E-state index contributed by atoms with van der Waals surface area (Å²) in [6.07, 6.45) is 8.65. The first kappa shape index (κ1) is 14.4. The topological polar surface area (TPSA) is 55.8 Å². The van der Waals surface area contributed by atoms with Crippen molar-refractivity contribution < 1.29 is 19.4 Å². The monoisotopic (exact) mass is 276 g/mol. The summed E-state index contributed by atoms with van der Waals surface area (Å²) in [6, 6.07) is 5.43. The Morgan fingerprint density at radius 2 is 2.05 bits per heavy atom. The molecule has 1 fully saturated rings. The molecule has 0 aromatic heterocycles. The summed E-state index contributed by atoms with van der Waals surface area (Å²) in [5, 5.41) is 8.74. The molecule has 0 heterocycles. The summed E-state index contributed by atoms with van der Waals surface area (Å²) in [5.74, 6) is 0.432. The van der Waals surface area contributed by atoms with Crippen LogP contribution in [0.5, 0.6) is 11.5 Å². The third kappa shape index (κ3) is 4.02. The van der Waals surface area contributed by atoms with E-state index in [9.17, 15) is 4.79 Å². The molecule has 1 aromatic rings. The van der Waals surface area contributed by atoms with Crippen molar-refractivity contribution in [3.63, 3.8) is 0 Å². The molecule has 1 aliphatic rings. The molecule has 2 rings (SSSR count). The van der Waals surface area contributed by atoms with Gasteiger partial charge in [0.05, 0.1) is 13.2 Å². The standard InChI is InChI=1S/C16H20O4/c1-19-14-9-7-12(8-10-16(17)18)15(11-14)20-13-5-3-2-4-6-13/h7-11,13H,2-6H2,1H3,(H,17,18)/b10-8+. The van der Waals surface area contributed by atoms with Gasteiger partial charge in [-0.15, -0.1) is 0 Å². The van der Waals surface area contributed by atoms with E-state index in [-0.39, 0.29) is 6.10 Å². The van der Waals surface area contributed by atoms with Gasteiger partial charge in [-0.1, -0.05) is 6.42 Å². The quantitative estimate of drug-likeness (QED) is 0.836. The summed E-state index contributed by atoms with van der Waals surface area (Å²) in [4.78, 5) is 10.6. The molecule has 20 heavy (non-hydrogen) atoms. The lowest BCUT2D eigenvalue weighted by atomic mass is 9.97. The van der Waals surface area contributed by atoms with Crippen molar-refractivity contribution in [2.24, 2.45) is 0 Å². The first-order valence-corrected chi connectivity index (χ1v) is 6.95. The van der Waals surface area contributed by atoms with Crippen LogP contribution in [0.3, 0.4) is 0 Å². The van der Waals surface area contributed by atoms with E-state index in [1.165, 1.54) is 19.3 Å². The molecular formula is C16H20O4. The zero-order chi connectivity index (χ0) is 14.4. The molecule has 0 atom stereocenters. The Morgan fingerprint density at radius 1 is 1.30 bits per heavy atom. The van der Waals surface area contributed by atoms with E-state index >= 15 is 0 Å². The van der Waals surface area contributed by atoms with Gasteiger partial charge in [-0.2, -0.15) is 0 Å². The molecule has 108 valence electrons. The summed E-state index contributed by atoms with van der Waals surface area (Å²) < 4.78 is 11.2. The maximum absolute atomic E-state index is 10.6. The van der Waals surface area contributed by atoms with Gasteiger partial charge in [-0.25, -0.2) is 4.79 Å². The Bertz CT molecular complexity index is 487. The molecule has 1 aliphatic carbocycles. The minimum atomic E-state index is -0.968. The van der Waals surface area contributed by atoms with Gasteiger partial charge in [0.25, 0.3) is 0 Å². The van der Waals surface area contributed by atoms with Gasteiger partial charge < -0.3 is 14.6 Å². The van der Waals surface area contributed by atoms with E-state index in [0.717, 1.165) is 24.5 Å². The number of carbonyl (C=O) groups is 1. The van der Waals surface area contributed by atoms with Crippen molar-refractivity contribution in [2.45, 2.75) is 38.2 Å². The lowest BCUT2D eigenvalue weighted by Crippen LogP contribution is -2.20. The molecule has 0 bridgehead atoms. The zero-order valence-electron chi connectivity index (χ0n) is 11.7. The highest BCUT2D eigenvalue weighted by atomic mass is 16.5. The Labute approximate surface area is 119 Å². The first-order chi connectivity index (χ1) is 9.69. The highest BCUT2D eigenvalue weighted by Crippen LogP contribution is 2.30. The number of hydrogen-bond acceptors (Lipinski definition) is 3. The minimum Gasteiger partial charge on any atom is -0.497 e. The largest absolute Gasteiger partial charge is 0.497 e. The summed E-state index contributed by atoms with van der Waals surface area (Å²) in [7, 11) is 1.60. The first-order valence-electron chi connectivity index (χ1n) is 6.95. The van der Waals surface area contributed by atoms with E-state index in [4.69, 9.17) is 14.6 Å². The third-order valence-corrected chi connectivity index (χ3v) is 3.47. The Morgan fingerprint density at radius 3 is 2.70 bits per heavy atom. The fraction of sp³-hybridized carbons (Fsp3) is 0.438. The SMILES string of the molecule is COc1ccc(/C=C/C(=O)O)c(OC2CCCCC2)c1. The summed E-state index contributed by atoms with van der Waals surface area (Å²) in [6.45, 7) is 0. The third-order valence-electron chi connectivity index (χ3n) is 3.47. The summed E-state index contributed by atoms with van der Waals surface area (Å²) in [5.41, 5.74) is 0.763. The van der Waals surface area contributed by atoms with E-state index in [1.54, 1.807) is 19.3 Å². The van der Waals surface area contributed by atoms with E-state index in [2.05, 4.69) is 0 Å². The number of ether oxygens (including phenoxy) is 2. The predicted molar refractivity (Wildman–Crippen MR) is 77.2 cm³/mol. The molecule has 0 saturated heterocycles. The van der Waals surface area contributed by atoms with E-state index in [1.807, 2.05) is 12.1 Å². The molecule has 1 N–H and O–H groups in total. The minimum absolute atomic E-state index is 0.216. The number of benzene rings is 1.